The number of amides is 1. The molecule has 1 aromatic carbocycles. The van der Waals surface area contributed by atoms with Crippen LogP contribution in [0, 0.1) is 5.92 Å². The first-order chi connectivity index (χ1) is 21.1. The number of aromatic nitrogens is 2. The molecule has 3 saturated heterocycles. The number of carbonyl (C=O) groups excluding carboxylic acids is 1. The van der Waals surface area contributed by atoms with E-state index >= 15 is 0 Å². The molecule has 9 nitrogen and oxygen atoms in total. The first kappa shape index (κ1) is 30.1. The van der Waals surface area contributed by atoms with Crippen LogP contribution in [-0.4, -0.2) is 98.2 Å². The summed E-state index contributed by atoms with van der Waals surface area (Å²) < 4.78 is 5.82. The van der Waals surface area contributed by atoms with Crippen molar-refractivity contribution in [3.63, 3.8) is 0 Å². The Morgan fingerprint density at radius 2 is 1.86 bits per heavy atom. The van der Waals surface area contributed by atoms with Crippen molar-refractivity contribution >= 4 is 39.0 Å². The zero-order chi connectivity index (χ0) is 29.6. The van der Waals surface area contributed by atoms with Crippen LogP contribution in [-0.2, 0) is 4.79 Å². The second kappa shape index (κ2) is 14.2. The molecule has 1 N–H and O–H groups in total. The largest absolute Gasteiger partial charge is 0.494 e. The second-order valence-electron chi connectivity index (χ2n) is 12.4. The molecule has 3 aliphatic heterocycles. The third-order valence-corrected chi connectivity index (χ3v) is 10.4. The fraction of sp³-hybridized carbons (Fsp3) is 0.606. The standard InChI is InChI=1S/C33H47N7O2S/c1-25-10-18-40(19-11-25)33-36-27(24-43-33)28(23-30(41)34-13-20-37-14-3-4-15-37)38-16-6-17-39(22-21-38)32-29(42-2)9-8-26-7-5-12-35-31(26)32/h5,7-9,12,24-25,28H,3-4,6,10-11,13-23H2,1-2H3,(H,34,41). The molecule has 6 rings (SSSR count). The number of likely N-dealkylation sites (tertiary alicyclic amines) is 1. The summed E-state index contributed by atoms with van der Waals surface area (Å²) in [5.41, 5.74) is 3.07. The maximum atomic E-state index is 13.4. The lowest BCUT2D eigenvalue weighted by atomic mass is 10.00. The van der Waals surface area contributed by atoms with Crippen LogP contribution in [0.3, 0.4) is 0 Å². The Morgan fingerprint density at radius 1 is 1.02 bits per heavy atom. The van der Waals surface area contributed by atoms with E-state index in [1.807, 2.05) is 12.3 Å². The van der Waals surface area contributed by atoms with E-state index in [2.05, 4.69) is 55.4 Å². The number of hydrogen-bond acceptors (Lipinski definition) is 9. The molecule has 232 valence electrons. The van der Waals surface area contributed by atoms with Crippen molar-refractivity contribution in [3.05, 3.63) is 41.5 Å². The quantitative estimate of drug-likeness (QED) is 0.354. The number of carbonyl (C=O) groups is 1. The summed E-state index contributed by atoms with van der Waals surface area (Å²) >= 11 is 1.73. The molecule has 1 amide bonds. The zero-order valence-corrected chi connectivity index (χ0v) is 26.7. The van der Waals surface area contributed by atoms with Gasteiger partial charge in [0.25, 0.3) is 0 Å². The molecule has 3 aromatic rings. The molecule has 3 fully saturated rings. The van der Waals surface area contributed by atoms with E-state index in [1.165, 1.54) is 25.7 Å². The Labute approximate surface area is 260 Å². The van der Waals surface area contributed by atoms with E-state index in [-0.39, 0.29) is 11.9 Å². The van der Waals surface area contributed by atoms with Crippen molar-refractivity contribution < 1.29 is 9.53 Å². The minimum Gasteiger partial charge on any atom is -0.494 e. The predicted octanol–water partition coefficient (Wildman–Crippen LogP) is 4.79. The molecule has 0 radical (unpaired) electrons. The van der Waals surface area contributed by atoms with Crippen molar-refractivity contribution in [3.8, 4) is 5.75 Å². The number of thiazole rings is 1. The SMILES string of the molecule is COc1ccc2cccnc2c1N1CCCN(C(CC(=O)NCCN2CCCC2)c2csc(N3CCC(C)CC3)n2)CC1. The number of fused-ring (bicyclic) bond motifs is 1. The van der Waals surface area contributed by atoms with E-state index in [1.54, 1.807) is 18.4 Å². The third-order valence-electron chi connectivity index (χ3n) is 9.45. The highest BCUT2D eigenvalue weighted by molar-refractivity contribution is 7.13. The summed E-state index contributed by atoms with van der Waals surface area (Å²) in [5.74, 6) is 1.75. The van der Waals surface area contributed by atoms with Crippen LogP contribution in [0.4, 0.5) is 10.8 Å². The summed E-state index contributed by atoms with van der Waals surface area (Å²) in [6, 6.07) is 8.17. The van der Waals surface area contributed by atoms with E-state index in [0.717, 1.165) is 104 Å². The molecule has 5 heterocycles. The van der Waals surface area contributed by atoms with Crippen LogP contribution < -0.4 is 19.9 Å². The van der Waals surface area contributed by atoms with Gasteiger partial charge >= 0.3 is 0 Å². The van der Waals surface area contributed by atoms with Crippen LogP contribution >= 0.6 is 11.3 Å². The molecule has 0 aliphatic carbocycles. The second-order valence-corrected chi connectivity index (χ2v) is 13.2. The number of piperidine rings is 1. The van der Waals surface area contributed by atoms with Crippen LogP contribution in [0.15, 0.2) is 35.8 Å². The number of nitrogens with one attached hydrogen (secondary N) is 1. The van der Waals surface area contributed by atoms with Crippen molar-refractivity contribution in [1.29, 1.82) is 0 Å². The Morgan fingerprint density at radius 3 is 2.67 bits per heavy atom. The summed E-state index contributed by atoms with van der Waals surface area (Å²) in [6.45, 7) is 11.9. The topological polar surface area (TPSA) is 77.1 Å². The van der Waals surface area contributed by atoms with Crippen molar-refractivity contribution in [2.45, 2.75) is 51.5 Å². The Balaban J connectivity index is 1.19. The van der Waals surface area contributed by atoms with Gasteiger partial charge in [-0.2, -0.15) is 0 Å². The lowest BCUT2D eigenvalue weighted by Crippen LogP contribution is -2.39. The van der Waals surface area contributed by atoms with Gasteiger partial charge in [0.05, 0.1) is 24.4 Å². The number of anilines is 2. The van der Waals surface area contributed by atoms with Gasteiger partial charge in [0.15, 0.2) is 5.13 Å². The maximum Gasteiger partial charge on any atom is 0.222 e. The van der Waals surface area contributed by atoms with Crippen molar-refractivity contribution in [2.75, 3.05) is 82.4 Å². The third kappa shape index (κ3) is 7.24. The molecule has 3 aliphatic rings. The van der Waals surface area contributed by atoms with E-state index < -0.39 is 0 Å². The zero-order valence-electron chi connectivity index (χ0n) is 25.8. The van der Waals surface area contributed by atoms with Gasteiger partial charge < -0.3 is 24.8 Å². The molecular weight excluding hydrogens is 558 g/mol. The van der Waals surface area contributed by atoms with Gasteiger partial charge in [-0.25, -0.2) is 4.98 Å². The van der Waals surface area contributed by atoms with E-state index in [0.29, 0.717) is 13.0 Å². The molecular formula is C33H47N7O2S. The van der Waals surface area contributed by atoms with Gasteiger partial charge in [-0.05, 0) is 69.3 Å². The molecule has 1 atom stereocenters. The first-order valence-electron chi connectivity index (χ1n) is 16.2. The average Bonchev–Trinajstić information content (AvgIpc) is 3.68. The van der Waals surface area contributed by atoms with E-state index in [4.69, 9.17) is 14.7 Å². The molecule has 0 spiro atoms. The summed E-state index contributed by atoms with van der Waals surface area (Å²) in [5, 5.41) is 7.65. The highest BCUT2D eigenvalue weighted by Gasteiger charge is 2.30. The normalized spacial score (nSPS) is 20.0. The van der Waals surface area contributed by atoms with Gasteiger partial charge in [-0.1, -0.05) is 13.0 Å². The minimum absolute atomic E-state index is 0.0482. The van der Waals surface area contributed by atoms with Gasteiger partial charge in [-0.15, -0.1) is 11.3 Å². The molecule has 1 unspecified atom stereocenters. The fourth-order valence-corrected chi connectivity index (χ4v) is 7.78. The Hall–Kier alpha value is -2.95. The predicted molar refractivity (Wildman–Crippen MR) is 175 cm³/mol. The fourth-order valence-electron chi connectivity index (χ4n) is 6.86. The number of ether oxygens (including phenoxy) is 1. The van der Waals surface area contributed by atoms with Crippen LogP contribution in [0.2, 0.25) is 0 Å². The van der Waals surface area contributed by atoms with Gasteiger partial charge in [-0.3, -0.25) is 14.7 Å². The number of methoxy groups -OCH3 is 1. The van der Waals surface area contributed by atoms with Gasteiger partial charge in [0.1, 0.15) is 11.4 Å². The van der Waals surface area contributed by atoms with Crippen LogP contribution in [0.25, 0.3) is 10.9 Å². The number of benzene rings is 1. The first-order valence-corrected chi connectivity index (χ1v) is 17.1. The number of pyridine rings is 1. The number of hydrogen-bond donors (Lipinski definition) is 1. The minimum atomic E-state index is -0.0482. The average molecular weight is 606 g/mol. The Kier molecular flexibility index (Phi) is 9.95. The number of nitrogens with zero attached hydrogens (tertiary/aromatic N) is 6. The molecule has 0 bridgehead atoms. The smallest absolute Gasteiger partial charge is 0.222 e. The Bertz CT molecular complexity index is 1350. The van der Waals surface area contributed by atoms with Gasteiger partial charge in [0, 0.05) is 75.7 Å². The highest BCUT2D eigenvalue weighted by Crippen LogP contribution is 2.37. The lowest BCUT2D eigenvalue weighted by molar-refractivity contribution is -0.122. The maximum absolute atomic E-state index is 13.4. The highest BCUT2D eigenvalue weighted by atomic mass is 32.1. The molecule has 43 heavy (non-hydrogen) atoms. The van der Waals surface area contributed by atoms with E-state index in [9.17, 15) is 4.79 Å². The number of rotatable bonds is 10. The van der Waals surface area contributed by atoms with Crippen LogP contribution in [0.1, 0.15) is 57.2 Å². The molecule has 0 saturated carbocycles. The van der Waals surface area contributed by atoms with Crippen molar-refractivity contribution in [2.24, 2.45) is 5.92 Å². The summed E-state index contributed by atoms with van der Waals surface area (Å²) in [6.07, 6.45) is 8.24. The van der Waals surface area contributed by atoms with Crippen molar-refractivity contribution in [1.82, 2.24) is 25.1 Å². The lowest BCUT2D eigenvalue weighted by Gasteiger charge is -2.31. The summed E-state index contributed by atoms with van der Waals surface area (Å²) in [7, 11) is 1.74. The monoisotopic (exact) mass is 605 g/mol. The molecule has 10 heteroatoms. The van der Waals surface area contributed by atoms with Gasteiger partial charge in [0.2, 0.25) is 5.91 Å². The molecule has 2 aromatic heterocycles. The van der Waals surface area contributed by atoms with Crippen LogP contribution in [0.5, 0.6) is 5.75 Å². The summed E-state index contributed by atoms with van der Waals surface area (Å²) in [4.78, 5) is 33.1.